The van der Waals surface area contributed by atoms with E-state index < -0.39 is 17.7 Å². The van der Waals surface area contributed by atoms with Gasteiger partial charge in [-0.05, 0) is 31.4 Å². The maximum Gasteiger partial charge on any atom is 0.242 e. The van der Waals surface area contributed by atoms with Gasteiger partial charge in [-0.2, -0.15) is 5.26 Å². The molecule has 1 aliphatic rings. The smallest absolute Gasteiger partial charge is 0.242 e. The van der Waals surface area contributed by atoms with Crippen LogP contribution in [-0.2, 0) is 4.79 Å². The normalized spacial score (nSPS) is 18.5. The second-order valence-corrected chi connectivity index (χ2v) is 4.72. The van der Waals surface area contributed by atoms with Crippen molar-refractivity contribution in [3.05, 3.63) is 29.3 Å². The average Bonchev–Trinajstić information content (AvgIpc) is 2.46. The van der Waals surface area contributed by atoms with Gasteiger partial charge in [0, 0.05) is 13.6 Å². The van der Waals surface area contributed by atoms with Crippen LogP contribution in [0.2, 0.25) is 0 Å². The Kier molecular flexibility index (Phi) is 4.18. The van der Waals surface area contributed by atoms with Crippen molar-refractivity contribution in [1.82, 2.24) is 5.32 Å². The van der Waals surface area contributed by atoms with E-state index in [1.807, 2.05) is 0 Å². The molecule has 0 bridgehead atoms. The van der Waals surface area contributed by atoms with E-state index in [2.05, 4.69) is 5.32 Å². The van der Waals surface area contributed by atoms with Crippen LogP contribution in [0.25, 0.3) is 0 Å². The third-order valence-corrected chi connectivity index (χ3v) is 3.49. The van der Waals surface area contributed by atoms with Gasteiger partial charge in [0.25, 0.3) is 0 Å². The summed E-state index contributed by atoms with van der Waals surface area (Å²) < 4.78 is 28.1. The number of likely N-dealkylation sites (N-methyl/N-ethyl adjacent to an activating group) is 1. The number of piperidine rings is 1. The summed E-state index contributed by atoms with van der Waals surface area (Å²) >= 11 is 0. The molecule has 0 aliphatic carbocycles. The second-order valence-electron chi connectivity index (χ2n) is 4.72. The summed E-state index contributed by atoms with van der Waals surface area (Å²) in [7, 11) is 1.50. The zero-order valence-corrected chi connectivity index (χ0v) is 11.1. The fourth-order valence-electron chi connectivity index (χ4n) is 2.54. The third kappa shape index (κ3) is 2.57. The lowest BCUT2D eigenvalue weighted by Crippen LogP contribution is -2.49. The van der Waals surface area contributed by atoms with Crippen molar-refractivity contribution in [1.29, 1.82) is 5.26 Å². The second kappa shape index (κ2) is 5.87. The molecule has 0 spiro atoms. The minimum Gasteiger partial charge on any atom is -0.357 e. The number of nitriles is 1. The molecule has 4 nitrogen and oxygen atoms in total. The summed E-state index contributed by atoms with van der Waals surface area (Å²) in [6.45, 7) is 0.415. The molecule has 106 valence electrons. The number of hydrogen-bond acceptors (Lipinski definition) is 3. The summed E-state index contributed by atoms with van der Waals surface area (Å²) in [5.41, 5.74) is -0.297. The van der Waals surface area contributed by atoms with E-state index in [1.165, 1.54) is 11.9 Å². The standard InChI is InChI=1S/C14H15F2N3O/c1-18-14(20)12-4-2-3-5-19(12)13-10(15)6-9(8-17)7-11(13)16/h6-7,12H,2-5H2,1H3,(H,18,20). The fraction of sp³-hybridized carbons (Fsp3) is 0.429. The molecule has 6 heteroatoms. The molecule has 1 heterocycles. The van der Waals surface area contributed by atoms with Crippen LogP contribution in [0.3, 0.4) is 0 Å². The SMILES string of the molecule is CNC(=O)C1CCCCN1c1c(F)cc(C#N)cc1F. The summed E-state index contributed by atoms with van der Waals surface area (Å²) in [4.78, 5) is 13.3. The summed E-state index contributed by atoms with van der Waals surface area (Å²) in [5.74, 6) is -1.87. The predicted octanol–water partition coefficient (Wildman–Crippen LogP) is 1.94. The van der Waals surface area contributed by atoms with E-state index in [-0.39, 0.29) is 17.2 Å². The zero-order chi connectivity index (χ0) is 14.7. The van der Waals surface area contributed by atoms with Crippen molar-refractivity contribution in [2.24, 2.45) is 0 Å². The van der Waals surface area contributed by atoms with Crippen LogP contribution >= 0.6 is 0 Å². The van der Waals surface area contributed by atoms with Gasteiger partial charge >= 0.3 is 0 Å². The van der Waals surface area contributed by atoms with Gasteiger partial charge in [-0.25, -0.2) is 8.78 Å². The Morgan fingerprint density at radius 2 is 2.05 bits per heavy atom. The third-order valence-electron chi connectivity index (χ3n) is 3.49. The number of nitrogens with one attached hydrogen (secondary N) is 1. The predicted molar refractivity (Wildman–Crippen MR) is 70.1 cm³/mol. The molecule has 0 radical (unpaired) electrons. The Balaban J connectivity index is 2.43. The van der Waals surface area contributed by atoms with Crippen molar-refractivity contribution < 1.29 is 13.6 Å². The van der Waals surface area contributed by atoms with Crippen LogP contribution < -0.4 is 10.2 Å². The highest BCUT2D eigenvalue weighted by atomic mass is 19.1. The molecule has 1 N–H and O–H groups in total. The molecular formula is C14H15F2N3O. The minimum absolute atomic E-state index is 0.0720. The molecule has 1 aromatic carbocycles. The molecule has 1 saturated heterocycles. The molecule has 1 amide bonds. The van der Waals surface area contributed by atoms with Crippen LogP contribution in [0.1, 0.15) is 24.8 Å². The first-order valence-corrected chi connectivity index (χ1v) is 6.46. The number of halogens is 2. The van der Waals surface area contributed by atoms with Crippen molar-refractivity contribution in [2.75, 3.05) is 18.5 Å². The Morgan fingerprint density at radius 3 is 2.60 bits per heavy atom. The molecule has 1 unspecified atom stereocenters. The average molecular weight is 279 g/mol. The monoisotopic (exact) mass is 279 g/mol. The van der Waals surface area contributed by atoms with Gasteiger partial charge in [0.2, 0.25) is 5.91 Å². The highest BCUT2D eigenvalue weighted by Crippen LogP contribution is 2.30. The highest BCUT2D eigenvalue weighted by Gasteiger charge is 2.31. The molecule has 1 fully saturated rings. The number of carbonyl (C=O) groups is 1. The Bertz CT molecular complexity index is 545. The number of anilines is 1. The van der Waals surface area contributed by atoms with E-state index in [1.54, 1.807) is 6.07 Å². The number of rotatable bonds is 2. The van der Waals surface area contributed by atoms with Crippen molar-refractivity contribution >= 4 is 11.6 Å². The van der Waals surface area contributed by atoms with Gasteiger partial charge in [0.1, 0.15) is 11.7 Å². The molecule has 0 saturated carbocycles. The Labute approximate surface area is 116 Å². The number of benzene rings is 1. The highest BCUT2D eigenvalue weighted by molar-refractivity contribution is 5.85. The Morgan fingerprint density at radius 1 is 1.40 bits per heavy atom. The lowest BCUT2D eigenvalue weighted by Gasteiger charge is -2.36. The van der Waals surface area contributed by atoms with E-state index in [9.17, 15) is 13.6 Å². The van der Waals surface area contributed by atoms with Gasteiger partial charge in [-0.1, -0.05) is 0 Å². The molecule has 20 heavy (non-hydrogen) atoms. The summed E-state index contributed by atoms with van der Waals surface area (Å²) in [6, 6.07) is 3.12. The summed E-state index contributed by atoms with van der Waals surface area (Å²) in [6.07, 6.45) is 2.17. The number of carbonyl (C=O) groups excluding carboxylic acids is 1. The first-order chi connectivity index (χ1) is 9.58. The molecular weight excluding hydrogens is 264 g/mol. The van der Waals surface area contributed by atoms with Crippen molar-refractivity contribution in [3.8, 4) is 6.07 Å². The molecule has 1 atom stereocenters. The maximum absolute atomic E-state index is 14.1. The van der Waals surface area contributed by atoms with Crippen LogP contribution in [0.5, 0.6) is 0 Å². The van der Waals surface area contributed by atoms with E-state index >= 15 is 0 Å². The van der Waals surface area contributed by atoms with E-state index in [0.29, 0.717) is 13.0 Å². The Hall–Kier alpha value is -2.16. The van der Waals surface area contributed by atoms with E-state index in [4.69, 9.17) is 5.26 Å². The lowest BCUT2D eigenvalue weighted by molar-refractivity contribution is -0.122. The minimum atomic E-state index is -0.808. The van der Waals surface area contributed by atoms with Gasteiger partial charge in [0.15, 0.2) is 11.6 Å². The van der Waals surface area contributed by atoms with Gasteiger partial charge in [-0.3, -0.25) is 4.79 Å². The molecule has 2 rings (SSSR count). The number of hydrogen-bond donors (Lipinski definition) is 1. The van der Waals surface area contributed by atoms with Gasteiger partial charge in [-0.15, -0.1) is 0 Å². The van der Waals surface area contributed by atoms with Crippen molar-refractivity contribution in [2.45, 2.75) is 25.3 Å². The van der Waals surface area contributed by atoms with Crippen LogP contribution in [0.15, 0.2) is 12.1 Å². The topological polar surface area (TPSA) is 56.1 Å². The molecule has 1 aliphatic heterocycles. The van der Waals surface area contributed by atoms with Crippen molar-refractivity contribution in [3.63, 3.8) is 0 Å². The van der Waals surface area contributed by atoms with Gasteiger partial charge < -0.3 is 10.2 Å². The fourth-order valence-corrected chi connectivity index (χ4v) is 2.54. The first kappa shape index (κ1) is 14.3. The molecule has 1 aromatic rings. The lowest BCUT2D eigenvalue weighted by atomic mass is 10.00. The van der Waals surface area contributed by atoms with Crippen LogP contribution in [0, 0.1) is 23.0 Å². The summed E-state index contributed by atoms with van der Waals surface area (Å²) in [5, 5.41) is 11.2. The number of nitrogens with zero attached hydrogens (tertiary/aromatic N) is 2. The van der Waals surface area contributed by atoms with Gasteiger partial charge in [0.05, 0.1) is 11.6 Å². The van der Waals surface area contributed by atoms with Crippen LogP contribution in [0.4, 0.5) is 14.5 Å². The number of amides is 1. The van der Waals surface area contributed by atoms with Crippen LogP contribution in [-0.4, -0.2) is 25.5 Å². The molecule has 0 aromatic heterocycles. The quantitative estimate of drug-likeness (QED) is 0.900. The first-order valence-electron chi connectivity index (χ1n) is 6.46. The zero-order valence-electron chi connectivity index (χ0n) is 11.1. The largest absolute Gasteiger partial charge is 0.357 e. The maximum atomic E-state index is 14.1. The van der Waals surface area contributed by atoms with E-state index in [0.717, 1.165) is 25.0 Å².